The Balaban J connectivity index is 2.76. The standard InChI is InChI=1S/C16H27N3O2/c1-5-9-17-15-11-14(6-7-16(15)19(20)21)12-18(4)10-8-13(2)3/h6-7,11,13,17H,5,8-10,12H2,1-4H3. The van der Waals surface area contributed by atoms with Crippen LogP contribution in [-0.2, 0) is 6.54 Å². The van der Waals surface area contributed by atoms with Gasteiger partial charge in [-0.1, -0.05) is 26.8 Å². The Bertz CT molecular complexity index is 461. The van der Waals surface area contributed by atoms with Gasteiger partial charge in [-0.15, -0.1) is 0 Å². The molecule has 1 N–H and O–H groups in total. The van der Waals surface area contributed by atoms with E-state index in [1.807, 2.05) is 19.1 Å². The van der Waals surface area contributed by atoms with E-state index in [4.69, 9.17) is 0 Å². The topological polar surface area (TPSA) is 58.4 Å². The molecule has 0 atom stereocenters. The summed E-state index contributed by atoms with van der Waals surface area (Å²) in [5, 5.41) is 14.2. The first kappa shape index (κ1) is 17.4. The van der Waals surface area contributed by atoms with Crippen LogP contribution in [0.3, 0.4) is 0 Å². The molecule has 0 unspecified atom stereocenters. The Hall–Kier alpha value is -1.62. The van der Waals surface area contributed by atoms with E-state index in [9.17, 15) is 10.1 Å². The third kappa shape index (κ3) is 6.12. The van der Waals surface area contributed by atoms with Gasteiger partial charge in [0.1, 0.15) is 5.69 Å². The molecule has 5 nitrogen and oxygen atoms in total. The van der Waals surface area contributed by atoms with Crippen LogP contribution in [0.5, 0.6) is 0 Å². The van der Waals surface area contributed by atoms with E-state index in [0.717, 1.165) is 38.0 Å². The lowest BCUT2D eigenvalue weighted by Gasteiger charge is -2.18. The molecule has 1 rings (SSSR count). The highest BCUT2D eigenvalue weighted by atomic mass is 16.6. The lowest BCUT2D eigenvalue weighted by atomic mass is 10.1. The predicted octanol–water partition coefficient (Wildman–Crippen LogP) is 3.89. The highest BCUT2D eigenvalue weighted by Crippen LogP contribution is 2.26. The number of nitrogens with one attached hydrogen (secondary N) is 1. The summed E-state index contributed by atoms with van der Waals surface area (Å²) in [4.78, 5) is 13.0. The quantitative estimate of drug-likeness (QED) is 0.554. The van der Waals surface area contributed by atoms with E-state index in [1.165, 1.54) is 0 Å². The highest BCUT2D eigenvalue weighted by Gasteiger charge is 2.14. The van der Waals surface area contributed by atoms with Crippen molar-refractivity contribution in [2.24, 2.45) is 5.92 Å². The van der Waals surface area contributed by atoms with Crippen LogP contribution in [0, 0.1) is 16.0 Å². The van der Waals surface area contributed by atoms with Gasteiger partial charge in [0.25, 0.3) is 5.69 Å². The number of nitrogens with zero attached hydrogens (tertiary/aromatic N) is 2. The Morgan fingerprint density at radius 1 is 1.38 bits per heavy atom. The van der Waals surface area contributed by atoms with Gasteiger partial charge in [-0.05, 0) is 44.0 Å². The van der Waals surface area contributed by atoms with E-state index >= 15 is 0 Å². The van der Waals surface area contributed by atoms with Crippen molar-refractivity contribution in [3.8, 4) is 0 Å². The third-order valence-corrected chi connectivity index (χ3v) is 3.36. The van der Waals surface area contributed by atoms with Crippen molar-refractivity contribution in [1.29, 1.82) is 0 Å². The molecule has 0 spiro atoms. The first-order valence-corrected chi connectivity index (χ1v) is 7.63. The highest BCUT2D eigenvalue weighted by molar-refractivity contribution is 5.62. The van der Waals surface area contributed by atoms with Crippen molar-refractivity contribution in [2.75, 3.05) is 25.5 Å². The molecule has 0 saturated carbocycles. The fourth-order valence-corrected chi connectivity index (χ4v) is 2.11. The minimum Gasteiger partial charge on any atom is -0.379 e. The summed E-state index contributed by atoms with van der Waals surface area (Å²) in [5.74, 6) is 0.686. The van der Waals surface area contributed by atoms with Gasteiger partial charge in [0.05, 0.1) is 4.92 Å². The molecular formula is C16H27N3O2. The van der Waals surface area contributed by atoms with Gasteiger partial charge in [0, 0.05) is 19.2 Å². The van der Waals surface area contributed by atoms with Gasteiger partial charge in [-0.25, -0.2) is 0 Å². The smallest absolute Gasteiger partial charge is 0.292 e. The van der Waals surface area contributed by atoms with Crippen molar-refractivity contribution in [3.05, 3.63) is 33.9 Å². The molecule has 0 fully saturated rings. The molecule has 0 aromatic heterocycles. The minimum absolute atomic E-state index is 0.150. The van der Waals surface area contributed by atoms with Crippen LogP contribution in [0.15, 0.2) is 18.2 Å². The summed E-state index contributed by atoms with van der Waals surface area (Å²) in [6.45, 7) is 9.06. The predicted molar refractivity (Wildman–Crippen MR) is 87.7 cm³/mol. The Morgan fingerprint density at radius 2 is 2.10 bits per heavy atom. The summed E-state index contributed by atoms with van der Waals surface area (Å²) >= 11 is 0. The Morgan fingerprint density at radius 3 is 2.67 bits per heavy atom. The maximum absolute atomic E-state index is 11.1. The molecule has 1 aromatic carbocycles. The summed E-state index contributed by atoms with van der Waals surface area (Å²) in [5.41, 5.74) is 1.87. The van der Waals surface area contributed by atoms with Gasteiger partial charge in [-0.2, -0.15) is 0 Å². The molecular weight excluding hydrogens is 266 g/mol. The minimum atomic E-state index is -0.329. The molecule has 0 bridgehead atoms. The average molecular weight is 293 g/mol. The SMILES string of the molecule is CCCNc1cc(CN(C)CCC(C)C)ccc1[N+](=O)[O-]. The van der Waals surface area contributed by atoms with Crippen LogP contribution < -0.4 is 5.32 Å². The zero-order valence-corrected chi connectivity index (χ0v) is 13.6. The van der Waals surface area contributed by atoms with Crippen LogP contribution in [-0.4, -0.2) is 30.0 Å². The zero-order chi connectivity index (χ0) is 15.8. The van der Waals surface area contributed by atoms with E-state index in [0.29, 0.717) is 11.6 Å². The number of hydrogen-bond donors (Lipinski definition) is 1. The van der Waals surface area contributed by atoms with Gasteiger partial charge in [-0.3, -0.25) is 10.1 Å². The molecule has 0 saturated heterocycles. The van der Waals surface area contributed by atoms with Crippen molar-refractivity contribution in [3.63, 3.8) is 0 Å². The van der Waals surface area contributed by atoms with E-state index in [1.54, 1.807) is 6.07 Å². The lowest BCUT2D eigenvalue weighted by molar-refractivity contribution is -0.384. The molecule has 0 aliphatic carbocycles. The van der Waals surface area contributed by atoms with Gasteiger partial charge in [0.15, 0.2) is 0 Å². The first-order valence-electron chi connectivity index (χ1n) is 7.63. The largest absolute Gasteiger partial charge is 0.379 e. The number of hydrogen-bond acceptors (Lipinski definition) is 4. The molecule has 0 amide bonds. The second-order valence-corrected chi connectivity index (χ2v) is 5.96. The number of anilines is 1. The number of nitro benzene ring substituents is 1. The Labute approximate surface area is 127 Å². The first-order chi connectivity index (χ1) is 9.93. The van der Waals surface area contributed by atoms with Crippen molar-refractivity contribution in [1.82, 2.24) is 4.90 Å². The molecule has 0 aliphatic rings. The molecule has 118 valence electrons. The van der Waals surface area contributed by atoms with Crippen molar-refractivity contribution < 1.29 is 4.92 Å². The third-order valence-electron chi connectivity index (χ3n) is 3.36. The summed E-state index contributed by atoms with van der Waals surface area (Å²) in [6.07, 6.45) is 2.10. The van der Waals surface area contributed by atoms with E-state index in [2.05, 4.69) is 31.1 Å². The second-order valence-electron chi connectivity index (χ2n) is 5.96. The van der Waals surface area contributed by atoms with Gasteiger partial charge in [0.2, 0.25) is 0 Å². The van der Waals surface area contributed by atoms with Crippen molar-refractivity contribution in [2.45, 2.75) is 40.2 Å². The summed E-state index contributed by atoms with van der Waals surface area (Å²) < 4.78 is 0. The molecule has 1 aromatic rings. The normalized spacial score (nSPS) is 11.1. The zero-order valence-electron chi connectivity index (χ0n) is 13.6. The number of benzene rings is 1. The molecule has 0 heterocycles. The summed E-state index contributed by atoms with van der Waals surface area (Å²) in [7, 11) is 2.09. The van der Waals surface area contributed by atoms with Crippen LogP contribution >= 0.6 is 0 Å². The molecule has 0 aliphatic heterocycles. The summed E-state index contributed by atoms with van der Waals surface area (Å²) in [6, 6.07) is 5.35. The molecule has 0 radical (unpaired) electrons. The molecule has 5 heteroatoms. The van der Waals surface area contributed by atoms with Crippen LogP contribution in [0.2, 0.25) is 0 Å². The van der Waals surface area contributed by atoms with Crippen LogP contribution in [0.4, 0.5) is 11.4 Å². The maximum atomic E-state index is 11.1. The van der Waals surface area contributed by atoms with Crippen molar-refractivity contribution >= 4 is 11.4 Å². The number of rotatable bonds is 9. The second kappa shape index (κ2) is 8.62. The fourth-order valence-electron chi connectivity index (χ4n) is 2.11. The van der Waals surface area contributed by atoms with Crippen LogP contribution in [0.25, 0.3) is 0 Å². The monoisotopic (exact) mass is 293 g/mol. The van der Waals surface area contributed by atoms with Gasteiger partial charge < -0.3 is 10.2 Å². The lowest BCUT2D eigenvalue weighted by Crippen LogP contribution is -2.20. The molecule has 21 heavy (non-hydrogen) atoms. The van der Waals surface area contributed by atoms with Gasteiger partial charge >= 0.3 is 0 Å². The Kier molecular flexibility index (Phi) is 7.15. The number of nitro groups is 1. The van der Waals surface area contributed by atoms with Crippen LogP contribution in [0.1, 0.15) is 39.2 Å². The maximum Gasteiger partial charge on any atom is 0.292 e. The average Bonchev–Trinajstić information content (AvgIpc) is 2.42. The fraction of sp³-hybridized carbons (Fsp3) is 0.625. The van der Waals surface area contributed by atoms with E-state index < -0.39 is 0 Å². The van der Waals surface area contributed by atoms with E-state index in [-0.39, 0.29) is 10.6 Å².